The minimum absolute atomic E-state index is 0.0330. The van der Waals surface area contributed by atoms with Crippen molar-refractivity contribution in [3.63, 3.8) is 0 Å². The molecule has 0 aliphatic heterocycles. The zero-order chi connectivity index (χ0) is 28.9. The predicted molar refractivity (Wildman–Crippen MR) is 156 cm³/mol. The number of nitrogens with one attached hydrogen (secondary N) is 1. The van der Waals surface area contributed by atoms with Crippen LogP contribution in [0.2, 0.25) is 0 Å². The number of ether oxygens (including phenoxy) is 2. The molecule has 0 spiro atoms. The van der Waals surface area contributed by atoms with Crippen molar-refractivity contribution in [1.82, 2.24) is 10.2 Å². The normalized spacial score (nSPS) is 12.3. The van der Waals surface area contributed by atoms with Gasteiger partial charge in [0.15, 0.2) is 11.5 Å². The molecule has 7 heteroatoms. The molecule has 0 saturated carbocycles. The van der Waals surface area contributed by atoms with Gasteiger partial charge in [0, 0.05) is 25.4 Å². The minimum Gasteiger partial charge on any atom is -0.490 e. The average Bonchev–Trinajstić information content (AvgIpc) is 2.96. The molecule has 3 aromatic rings. The standard InChI is InChI=1S/C33H41FN2O4/c1-5-24(4)35-33(38)29(21-25-11-9-8-10-12-25)36(23-27-13-17-28(34)18-14-27)32(37)20-16-26-15-19-30(39-6-2)31(22-26)40-7-3/h8-15,17-19,22,24,29H,5-7,16,20-21,23H2,1-4H3,(H,35,38)/t24-,29+/m0/s1. The molecule has 2 amide bonds. The van der Waals surface area contributed by atoms with Gasteiger partial charge in [-0.05, 0) is 74.6 Å². The third-order valence-electron chi connectivity index (χ3n) is 6.77. The van der Waals surface area contributed by atoms with Crippen molar-refractivity contribution in [1.29, 1.82) is 0 Å². The van der Waals surface area contributed by atoms with E-state index in [0.29, 0.717) is 37.6 Å². The van der Waals surface area contributed by atoms with Gasteiger partial charge in [-0.3, -0.25) is 9.59 Å². The number of benzene rings is 3. The molecule has 6 nitrogen and oxygen atoms in total. The maximum atomic E-state index is 13.9. The Morgan fingerprint density at radius 1 is 0.850 bits per heavy atom. The van der Waals surface area contributed by atoms with Crippen molar-refractivity contribution in [2.45, 2.75) is 72.0 Å². The number of hydrogen-bond donors (Lipinski definition) is 1. The summed E-state index contributed by atoms with van der Waals surface area (Å²) in [5.41, 5.74) is 2.64. The summed E-state index contributed by atoms with van der Waals surface area (Å²) in [5, 5.41) is 3.07. The Morgan fingerprint density at radius 3 is 2.15 bits per heavy atom. The second kappa shape index (κ2) is 15.7. The lowest BCUT2D eigenvalue weighted by atomic mass is 10.0. The molecule has 0 saturated heterocycles. The molecule has 0 fully saturated rings. The molecular formula is C33H41FN2O4. The lowest BCUT2D eigenvalue weighted by molar-refractivity contribution is -0.141. The number of amides is 2. The molecule has 0 unspecified atom stereocenters. The molecule has 0 heterocycles. The van der Waals surface area contributed by atoms with Gasteiger partial charge in [0.05, 0.1) is 13.2 Å². The van der Waals surface area contributed by atoms with Gasteiger partial charge in [-0.2, -0.15) is 0 Å². The molecule has 2 atom stereocenters. The first-order valence-electron chi connectivity index (χ1n) is 14.1. The van der Waals surface area contributed by atoms with E-state index in [1.54, 1.807) is 17.0 Å². The molecule has 40 heavy (non-hydrogen) atoms. The van der Waals surface area contributed by atoms with Crippen molar-refractivity contribution in [2.75, 3.05) is 13.2 Å². The molecule has 0 radical (unpaired) electrons. The van der Waals surface area contributed by atoms with E-state index in [0.717, 1.165) is 23.1 Å². The number of rotatable bonds is 15. The molecule has 1 N–H and O–H groups in total. The Hall–Kier alpha value is -3.87. The van der Waals surface area contributed by atoms with Crippen LogP contribution in [0, 0.1) is 5.82 Å². The van der Waals surface area contributed by atoms with Gasteiger partial charge in [-0.25, -0.2) is 4.39 Å². The number of carbonyl (C=O) groups is 2. The smallest absolute Gasteiger partial charge is 0.243 e. The maximum absolute atomic E-state index is 13.9. The van der Waals surface area contributed by atoms with Crippen LogP contribution in [0.4, 0.5) is 4.39 Å². The van der Waals surface area contributed by atoms with Crippen molar-refractivity contribution < 1.29 is 23.5 Å². The van der Waals surface area contributed by atoms with E-state index in [1.165, 1.54) is 12.1 Å². The lowest BCUT2D eigenvalue weighted by Crippen LogP contribution is -2.52. The molecule has 0 aromatic heterocycles. The highest BCUT2D eigenvalue weighted by molar-refractivity contribution is 5.88. The van der Waals surface area contributed by atoms with Crippen LogP contribution in [-0.4, -0.2) is 42.0 Å². The van der Waals surface area contributed by atoms with Crippen molar-refractivity contribution in [3.05, 3.63) is 95.3 Å². The van der Waals surface area contributed by atoms with Crippen LogP contribution < -0.4 is 14.8 Å². The first kappa shape index (κ1) is 30.7. The van der Waals surface area contributed by atoms with Gasteiger partial charge in [-0.15, -0.1) is 0 Å². The molecule has 214 valence electrons. The summed E-state index contributed by atoms with van der Waals surface area (Å²) in [6.07, 6.45) is 1.81. The highest BCUT2D eigenvalue weighted by Crippen LogP contribution is 2.29. The zero-order valence-electron chi connectivity index (χ0n) is 24.0. The number of carbonyl (C=O) groups excluding carboxylic acids is 2. The molecule has 3 rings (SSSR count). The molecule has 0 bridgehead atoms. The van der Waals surface area contributed by atoms with Gasteiger partial charge in [0.1, 0.15) is 11.9 Å². The zero-order valence-corrected chi connectivity index (χ0v) is 24.0. The van der Waals surface area contributed by atoms with Crippen molar-refractivity contribution in [3.8, 4) is 11.5 Å². The molecular weight excluding hydrogens is 507 g/mol. The maximum Gasteiger partial charge on any atom is 0.243 e. The van der Waals surface area contributed by atoms with E-state index >= 15 is 0 Å². The molecule has 0 aliphatic rings. The number of aryl methyl sites for hydroxylation is 1. The summed E-state index contributed by atoms with van der Waals surface area (Å²) in [5.74, 6) is 0.608. The van der Waals surface area contributed by atoms with Crippen LogP contribution in [0.1, 0.15) is 57.2 Å². The van der Waals surface area contributed by atoms with Gasteiger partial charge < -0.3 is 19.7 Å². The van der Waals surface area contributed by atoms with E-state index in [1.807, 2.05) is 76.2 Å². The highest BCUT2D eigenvalue weighted by Gasteiger charge is 2.30. The minimum atomic E-state index is -0.728. The Balaban J connectivity index is 1.90. The Kier molecular flexibility index (Phi) is 12.0. The first-order chi connectivity index (χ1) is 19.3. The van der Waals surface area contributed by atoms with Crippen LogP contribution in [0.3, 0.4) is 0 Å². The van der Waals surface area contributed by atoms with E-state index in [-0.39, 0.29) is 36.6 Å². The van der Waals surface area contributed by atoms with E-state index < -0.39 is 6.04 Å². The topological polar surface area (TPSA) is 67.9 Å². The van der Waals surface area contributed by atoms with E-state index in [2.05, 4.69) is 5.32 Å². The fraction of sp³-hybridized carbons (Fsp3) is 0.394. The third-order valence-corrected chi connectivity index (χ3v) is 6.77. The summed E-state index contributed by atoms with van der Waals surface area (Å²) in [4.78, 5) is 29.1. The Labute approximate surface area is 237 Å². The second-order valence-corrected chi connectivity index (χ2v) is 9.82. The van der Waals surface area contributed by atoms with Crippen LogP contribution in [0.15, 0.2) is 72.8 Å². The van der Waals surface area contributed by atoms with Gasteiger partial charge in [-0.1, -0.05) is 55.5 Å². The second-order valence-electron chi connectivity index (χ2n) is 9.82. The van der Waals surface area contributed by atoms with Crippen molar-refractivity contribution in [2.24, 2.45) is 0 Å². The monoisotopic (exact) mass is 548 g/mol. The fourth-order valence-corrected chi connectivity index (χ4v) is 4.43. The van der Waals surface area contributed by atoms with Gasteiger partial charge >= 0.3 is 0 Å². The average molecular weight is 549 g/mol. The van der Waals surface area contributed by atoms with Gasteiger partial charge in [0.2, 0.25) is 11.8 Å². The van der Waals surface area contributed by atoms with Gasteiger partial charge in [0.25, 0.3) is 0 Å². The van der Waals surface area contributed by atoms with Crippen LogP contribution >= 0.6 is 0 Å². The largest absolute Gasteiger partial charge is 0.490 e. The Morgan fingerprint density at radius 2 is 1.50 bits per heavy atom. The van der Waals surface area contributed by atoms with Crippen LogP contribution in [-0.2, 0) is 29.0 Å². The summed E-state index contributed by atoms with van der Waals surface area (Å²) in [6.45, 7) is 9.01. The predicted octanol–water partition coefficient (Wildman–Crippen LogP) is 6.11. The van der Waals surface area contributed by atoms with E-state index in [9.17, 15) is 14.0 Å². The summed E-state index contributed by atoms with van der Waals surface area (Å²) in [7, 11) is 0. The molecule has 3 aromatic carbocycles. The third kappa shape index (κ3) is 9.11. The fourth-order valence-electron chi connectivity index (χ4n) is 4.43. The lowest BCUT2D eigenvalue weighted by Gasteiger charge is -2.32. The van der Waals surface area contributed by atoms with Crippen LogP contribution in [0.5, 0.6) is 11.5 Å². The van der Waals surface area contributed by atoms with E-state index in [4.69, 9.17) is 9.47 Å². The first-order valence-corrected chi connectivity index (χ1v) is 14.1. The number of halogens is 1. The molecule has 0 aliphatic carbocycles. The SMILES string of the molecule is CCOc1ccc(CCC(=O)N(Cc2ccc(F)cc2)[C@H](Cc2ccccc2)C(=O)N[C@@H](C)CC)cc1OCC. The summed E-state index contributed by atoms with van der Waals surface area (Å²) in [6, 6.07) is 20.7. The summed E-state index contributed by atoms with van der Waals surface area (Å²) < 4.78 is 25.1. The summed E-state index contributed by atoms with van der Waals surface area (Å²) >= 11 is 0. The highest BCUT2D eigenvalue weighted by atomic mass is 19.1. The number of hydrogen-bond acceptors (Lipinski definition) is 4. The van der Waals surface area contributed by atoms with Crippen LogP contribution in [0.25, 0.3) is 0 Å². The van der Waals surface area contributed by atoms with Crippen molar-refractivity contribution >= 4 is 11.8 Å². The quantitative estimate of drug-likeness (QED) is 0.249. The number of nitrogens with zero attached hydrogens (tertiary/aromatic N) is 1. The Bertz CT molecular complexity index is 1220.